The number of benzene rings is 2. The van der Waals surface area contributed by atoms with E-state index in [1.807, 2.05) is 24.3 Å². The lowest BCUT2D eigenvalue weighted by molar-refractivity contribution is 0.135. The molecule has 170 valence electrons. The molecule has 3 aromatic rings. The van der Waals surface area contributed by atoms with E-state index < -0.39 is 6.09 Å². The lowest BCUT2D eigenvalue weighted by Crippen LogP contribution is -2.43. The third-order valence-corrected chi connectivity index (χ3v) is 6.53. The molecule has 0 saturated heterocycles. The molecule has 2 heterocycles. The van der Waals surface area contributed by atoms with Crippen LogP contribution in [0, 0.1) is 0 Å². The highest BCUT2D eigenvalue weighted by Crippen LogP contribution is 2.34. The molecule has 1 aromatic heterocycles. The van der Waals surface area contributed by atoms with Crippen molar-refractivity contribution in [1.29, 1.82) is 0 Å². The Labute approximate surface area is 197 Å². The zero-order chi connectivity index (χ0) is 22.9. The van der Waals surface area contributed by atoms with E-state index in [1.165, 1.54) is 10.8 Å². The van der Waals surface area contributed by atoms with Gasteiger partial charge in [-0.1, -0.05) is 18.2 Å². The topological polar surface area (TPSA) is 63.8 Å². The van der Waals surface area contributed by atoms with E-state index in [4.69, 9.17) is 25.8 Å². The van der Waals surface area contributed by atoms with Gasteiger partial charge in [0, 0.05) is 17.6 Å². The summed E-state index contributed by atoms with van der Waals surface area (Å²) in [5.74, 6) is 1.94. The van der Waals surface area contributed by atoms with Gasteiger partial charge in [-0.25, -0.2) is 4.79 Å². The van der Waals surface area contributed by atoms with Crippen LogP contribution in [0.1, 0.15) is 29.3 Å². The minimum absolute atomic E-state index is 0.0341. The summed E-state index contributed by atoms with van der Waals surface area (Å²) in [5.41, 5.74) is 3.21. The summed E-state index contributed by atoms with van der Waals surface area (Å²) >= 11 is 6.37. The highest BCUT2D eigenvalue weighted by molar-refractivity contribution is 6.24. The van der Waals surface area contributed by atoms with Gasteiger partial charge >= 0.3 is 6.09 Å². The van der Waals surface area contributed by atoms with Crippen molar-refractivity contribution in [3.05, 3.63) is 75.9 Å². The molecular formula is C26H25ClN2O4. The molecule has 7 heteroatoms. The number of methoxy groups -OCH3 is 2. The maximum absolute atomic E-state index is 13.3. The van der Waals surface area contributed by atoms with E-state index in [0.717, 1.165) is 35.2 Å². The highest BCUT2D eigenvalue weighted by atomic mass is 35.5. The number of halogens is 1. The van der Waals surface area contributed by atoms with Crippen LogP contribution in [0.15, 0.2) is 48.5 Å². The van der Waals surface area contributed by atoms with Crippen molar-refractivity contribution in [1.82, 2.24) is 9.88 Å². The first-order valence-corrected chi connectivity index (χ1v) is 11.3. The number of alkyl halides is 1. The SMILES string of the molecule is COc1ccc(OC(=O)N2CCc3c([nH]c4c3=CCC(Cl)C=4)C2c2ccc(OC)cc2)cc1. The number of carbonyl (C=O) groups is 1. The number of H-pyrrole nitrogens is 1. The Morgan fingerprint density at radius 1 is 1.00 bits per heavy atom. The summed E-state index contributed by atoms with van der Waals surface area (Å²) in [6.07, 6.45) is 5.39. The number of hydrogen-bond acceptors (Lipinski definition) is 4. The summed E-state index contributed by atoms with van der Waals surface area (Å²) in [6.45, 7) is 0.543. The molecule has 1 aliphatic heterocycles. The van der Waals surface area contributed by atoms with Crippen molar-refractivity contribution < 1.29 is 19.0 Å². The second-order valence-corrected chi connectivity index (χ2v) is 8.69. The smallest absolute Gasteiger partial charge is 0.416 e. The molecule has 1 N–H and O–H groups in total. The fraction of sp³-hybridized carbons (Fsp3) is 0.269. The Balaban J connectivity index is 1.54. The zero-order valence-corrected chi connectivity index (χ0v) is 19.3. The number of carbonyl (C=O) groups excluding carboxylic acids is 1. The first-order valence-electron chi connectivity index (χ1n) is 10.9. The van der Waals surface area contributed by atoms with Gasteiger partial charge in [0.05, 0.1) is 19.6 Å². The molecular weight excluding hydrogens is 440 g/mol. The molecule has 0 radical (unpaired) electrons. The van der Waals surface area contributed by atoms with Gasteiger partial charge in [0.1, 0.15) is 23.3 Å². The van der Waals surface area contributed by atoms with Gasteiger partial charge in [-0.2, -0.15) is 0 Å². The number of nitrogens with one attached hydrogen (secondary N) is 1. The lowest BCUT2D eigenvalue weighted by atomic mass is 9.92. The summed E-state index contributed by atoms with van der Waals surface area (Å²) < 4.78 is 16.3. The van der Waals surface area contributed by atoms with E-state index in [0.29, 0.717) is 18.0 Å². The maximum atomic E-state index is 13.3. The number of aromatic amines is 1. The summed E-state index contributed by atoms with van der Waals surface area (Å²) in [4.78, 5) is 18.7. The normalized spacial score (nSPS) is 18.9. The van der Waals surface area contributed by atoms with Gasteiger partial charge in [-0.3, -0.25) is 4.90 Å². The van der Waals surface area contributed by atoms with Gasteiger partial charge in [0.25, 0.3) is 0 Å². The van der Waals surface area contributed by atoms with Crippen LogP contribution in [0.4, 0.5) is 4.79 Å². The monoisotopic (exact) mass is 464 g/mol. The van der Waals surface area contributed by atoms with Gasteiger partial charge in [0.2, 0.25) is 0 Å². The summed E-state index contributed by atoms with van der Waals surface area (Å²) in [5, 5.41) is 2.19. The van der Waals surface area contributed by atoms with Crippen LogP contribution in [-0.4, -0.2) is 42.1 Å². The number of hydrogen-bond donors (Lipinski definition) is 1. The number of amides is 1. The van der Waals surface area contributed by atoms with Gasteiger partial charge < -0.3 is 19.2 Å². The fourth-order valence-corrected chi connectivity index (χ4v) is 4.81. The third-order valence-electron chi connectivity index (χ3n) is 6.22. The van der Waals surface area contributed by atoms with Crippen LogP contribution in [-0.2, 0) is 6.42 Å². The first kappa shape index (κ1) is 21.5. The molecule has 33 heavy (non-hydrogen) atoms. The minimum atomic E-state index is -0.401. The van der Waals surface area contributed by atoms with E-state index >= 15 is 0 Å². The van der Waals surface area contributed by atoms with E-state index in [2.05, 4.69) is 17.1 Å². The molecule has 2 aromatic carbocycles. The average Bonchev–Trinajstić information content (AvgIpc) is 3.21. The number of rotatable bonds is 4. The Morgan fingerprint density at radius 2 is 1.64 bits per heavy atom. The van der Waals surface area contributed by atoms with Crippen LogP contribution in [0.2, 0.25) is 0 Å². The molecule has 0 bridgehead atoms. The second kappa shape index (κ2) is 8.87. The molecule has 2 unspecified atom stereocenters. The summed E-state index contributed by atoms with van der Waals surface area (Å²) in [7, 11) is 3.24. The van der Waals surface area contributed by atoms with Crippen molar-refractivity contribution in [3.8, 4) is 17.2 Å². The Morgan fingerprint density at radius 3 is 2.30 bits per heavy atom. The van der Waals surface area contributed by atoms with Crippen molar-refractivity contribution >= 4 is 29.8 Å². The van der Waals surface area contributed by atoms with Crippen molar-refractivity contribution in [2.24, 2.45) is 0 Å². The average molecular weight is 465 g/mol. The molecule has 1 amide bonds. The minimum Gasteiger partial charge on any atom is -0.497 e. The van der Waals surface area contributed by atoms with Gasteiger partial charge in [-0.05, 0) is 71.7 Å². The molecule has 0 spiro atoms. The first-order chi connectivity index (χ1) is 16.1. The van der Waals surface area contributed by atoms with E-state index in [-0.39, 0.29) is 11.4 Å². The van der Waals surface area contributed by atoms with Crippen LogP contribution < -0.4 is 24.8 Å². The summed E-state index contributed by atoms with van der Waals surface area (Å²) in [6, 6.07) is 14.5. The van der Waals surface area contributed by atoms with Crippen molar-refractivity contribution in [2.45, 2.75) is 24.3 Å². The molecule has 2 aliphatic rings. The number of ether oxygens (including phenoxy) is 3. The Hall–Kier alpha value is -3.38. The molecule has 2 atom stereocenters. The van der Waals surface area contributed by atoms with E-state index in [9.17, 15) is 4.79 Å². The van der Waals surface area contributed by atoms with Crippen LogP contribution >= 0.6 is 11.6 Å². The van der Waals surface area contributed by atoms with Crippen LogP contribution in [0.5, 0.6) is 17.2 Å². The van der Waals surface area contributed by atoms with Crippen LogP contribution in [0.25, 0.3) is 12.2 Å². The lowest BCUT2D eigenvalue weighted by Gasteiger charge is -2.35. The Kier molecular flexibility index (Phi) is 5.77. The molecule has 0 fully saturated rings. The van der Waals surface area contributed by atoms with Gasteiger partial charge in [-0.15, -0.1) is 11.6 Å². The number of fused-ring (bicyclic) bond motifs is 3. The van der Waals surface area contributed by atoms with Gasteiger partial charge in [0.15, 0.2) is 0 Å². The van der Waals surface area contributed by atoms with Crippen molar-refractivity contribution in [3.63, 3.8) is 0 Å². The third kappa shape index (κ3) is 4.07. The fourth-order valence-electron chi connectivity index (χ4n) is 4.59. The molecule has 6 nitrogen and oxygen atoms in total. The standard InChI is InChI=1S/C26H25ClN2O4/c1-31-18-6-3-16(4-7-18)25-24-22(21-12-5-17(27)15-23(21)28-24)13-14-29(25)26(30)33-20-10-8-19(32-2)9-11-20/h3-4,6-12,15,17,25,28H,5,13-14H2,1-2H3. The second-order valence-electron chi connectivity index (χ2n) is 8.13. The molecule has 1 aliphatic carbocycles. The predicted octanol–water partition coefficient (Wildman–Crippen LogP) is 3.75. The van der Waals surface area contributed by atoms with Crippen LogP contribution in [0.3, 0.4) is 0 Å². The quantitative estimate of drug-likeness (QED) is 0.597. The highest BCUT2D eigenvalue weighted by Gasteiger charge is 2.35. The van der Waals surface area contributed by atoms with E-state index in [1.54, 1.807) is 43.4 Å². The Bertz CT molecular complexity index is 1280. The molecule has 5 rings (SSSR count). The van der Waals surface area contributed by atoms with Crippen molar-refractivity contribution in [2.75, 3.05) is 20.8 Å². The number of aromatic nitrogens is 1. The largest absolute Gasteiger partial charge is 0.497 e. The predicted molar refractivity (Wildman–Crippen MR) is 127 cm³/mol. The number of nitrogens with zero attached hydrogens (tertiary/aromatic N) is 1. The maximum Gasteiger partial charge on any atom is 0.416 e. The molecule has 0 saturated carbocycles. The zero-order valence-electron chi connectivity index (χ0n) is 18.5.